The van der Waals surface area contributed by atoms with Crippen molar-refractivity contribution < 1.29 is 9.59 Å². The minimum Gasteiger partial charge on any atom is -0.375 e. The Morgan fingerprint density at radius 2 is 1.59 bits per heavy atom. The molecule has 0 saturated heterocycles. The van der Waals surface area contributed by atoms with Gasteiger partial charge < -0.3 is 15.5 Å². The first kappa shape index (κ1) is 20.5. The van der Waals surface area contributed by atoms with Gasteiger partial charge in [-0.05, 0) is 30.5 Å². The van der Waals surface area contributed by atoms with Gasteiger partial charge in [0.2, 0.25) is 11.8 Å². The van der Waals surface area contributed by atoms with Crippen LogP contribution in [-0.4, -0.2) is 32.0 Å². The van der Waals surface area contributed by atoms with E-state index in [1.165, 1.54) is 12.6 Å². The molecule has 0 aliphatic heterocycles. The standard InChI is InChI=1S/C22H29N3O2/c1-18(26)24-21(19-11-5-3-6-12-19)17-22(27)23-15-9-10-16-25(2)20-13-7-4-8-14-20/h3-8,11-14,21H,9-10,15-17H2,1-2H3,(H,23,27)(H,24,26). The van der Waals surface area contributed by atoms with Gasteiger partial charge in [-0.15, -0.1) is 0 Å². The summed E-state index contributed by atoms with van der Waals surface area (Å²) in [7, 11) is 2.08. The maximum Gasteiger partial charge on any atom is 0.222 e. The first-order chi connectivity index (χ1) is 13.1. The highest BCUT2D eigenvalue weighted by molar-refractivity contribution is 5.79. The van der Waals surface area contributed by atoms with Gasteiger partial charge in [-0.2, -0.15) is 0 Å². The molecule has 2 aromatic carbocycles. The number of carbonyl (C=O) groups excluding carboxylic acids is 2. The first-order valence-electron chi connectivity index (χ1n) is 9.41. The lowest BCUT2D eigenvalue weighted by molar-refractivity contribution is -0.122. The molecular weight excluding hydrogens is 338 g/mol. The fourth-order valence-electron chi connectivity index (χ4n) is 2.95. The fraction of sp³-hybridized carbons (Fsp3) is 0.364. The summed E-state index contributed by atoms with van der Waals surface area (Å²) in [5, 5.41) is 5.82. The van der Waals surface area contributed by atoms with E-state index < -0.39 is 0 Å². The molecule has 1 atom stereocenters. The Balaban J connectivity index is 1.70. The van der Waals surface area contributed by atoms with Crippen LogP contribution in [0.4, 0.5) is 5.69 Å². The van der Waals surface area contributed by atoms with E-state index >= 15 is 0 Å². The second-order valence-electron chi connectivity index (χ2n) is 6.68. The topological polar surface area (TPSA) is 61.4 Å². The van der Waals surface area contributed by atoms with Crippen LogP contribution in [0.25, 0.3) is 0 Å². The number of unbranched alkanes of at least 4 members (excludes halogenated alkanes) is 1. The SMILES string of the molecule is CC(=O)NC(CC(=O)NCCCCN(C)c1ccccc1)c1ccccc1. The van der Waals surface area contributed by atoms with E-state index in [9.17, 15) is 9.59 Å². The molecule has 0 aromatic heterocycles. The van der Waals surface area contributed by atoms with Gasteiger partial charge in [0.1, 0.15) is 0 Å². The summed E-state index contributed by atoms with van der Waals surface area (Å²) < 4.78 is 0. The monoisotopic (exact) mass is 367 g/mol. The largest absolute Gasteiger partial charge is 0.375 e. The third kappa shape index (κ3) is 7.52. The van der Waals surface area contributed by atoms with Gasteiger partial charge in [-0.1, -0.05) is 48.5 Å². The molecular formula is C22H29N3O2. The molecule has 0 aliphatic carbocycles. The maximum absolute atomic E-state index is 12.3. The van der Waals surface area contributed by atoms with Gasteiger partial charge in [-0.3, -0.25) is 9.59 Å². The van der Waals surface area contributed by atoms with E-state index in [0.29, 0.717) is 6.54 Å². The number of nitrogens with one attached hydrogen (secondary N) is 2. The van der Waals surface area contributed by atoms with Crippen molar-refractivity contribution in [1.82, 2.24) is 10.6 Å². The van der Waals surface area contributed by atoms with Crippen molar-refractivity contribution in [3.63, 3.8) is 0 Å². The number of rotatable bonds is 10. The number of amides is 2. The summed E-state index contributed by atoms with van der Waals surface area (Å²) >= 11 is 0. The summed E-state index contributed by atoms with van der Waals surface area (Å²) in [4.78, 5) is 25.9. The lowest BCUT2D eigenvalue weighted by Gasteiger charge is -2.19. The molecule has 2 amide bonds. The molecule has 1 unspecified atom stereocenters. The summed E-state index contributed by atoms with van der Waals surface area (Å²) in [6.07, 6.45) is 2.16. The minimum absolute atomic E-state index is 0.0472. The summed E-state index contributed by atoms with van der Waals surface area (Å²) in [5.74, 6) is -0.186. The Bertz CT molecular complexity index is 704. The van der Waals surface area contributed by atoms with Crippen molar-refractivity contribution >= 4 is 17.5 Å². The van der Waals surface area contributed by atoms with Crippen molar-refractivity contribution in [2.24, 2.45) is 0 Å². The highest BCUT2D eigenvalue weighted by Crippen LogP contribution is 2.16. The number of para-hydroxylation sites is 1. The van der Waals surface area contributed by atoms with Crippen molar-refractivity contribution in [2.75, 3.05) is 25.0 Å². The molecule has 2 N–H and O–H groups in total. The van der Waals surface area contributed by atoms with Gasteiger partial charge in [0.25, 0.3) is 0 Å². The zero-order valence-corrected chi connectivity index (χ0v) is 16.2. The van der Waals surface area contributed by atoms with Crippen LogP contribution >= 0.6 is 0 Å². The molecule has 2 aromatic rings. The van der Waals surface area contributed by atoms with Crippen LogP contribution in [0, 0.1) is 0 Å². The molecule has 0 saturated carbocycles. The van der Waals surface area contributed by atoms with Crippen LogP contribution in [0.15, 0.2) is 60.7 Å². The number of carbonyl (C=O) groups is 2. The molecule has 5 heteroatoms. The van der Waals surface area contributed by atoms with Gasteiger partial charge in [-0.25, -0.2) is 0 Å². The average Bonchev–Trinajstić information content (AvgIpc) is 2.68. The van der Waals surface area contributed by atoms with E-state index in [2.05, 4.69) is 34.7 Å². The molecule has 5 nitrogen and oxygen atoms in total. The van der Waals surface area contributed by atoms with Crippen LogP contribution < -0.4 is 15.5 Å². The third-order valence-corrected chi connectivity index (χ3v) is 4.41. The van der Waals surface area contributed by atoms with E-state index in [-0.39, 0.29) is 24.3 Å². The molecule has 0 heterocycles. The molecule has 0 radical (unpaired) electrons. The molecule has 0 bridgehead atoms. The minimum atomic E-state index is -0.298. The predicted molar refractivity (Wildman–Crippen MR) is 110 cm³/mol. The Kier molecular flexibility index (Phi) is 8.36. The fourth-order valence-corrected chi connectivity index (χ4v) is 2.95. The van der Waals surface area contributed by atoms with Crippen molar-refractivity contribution in [3.8, 4) is 0 Å². The van der Waals surface area contributed by atoms with Crippen molar-refractivity contribution in [2.45, 2.75) is 32.2 Å². The van der Waals surface area contributed by atoms with Gasteiger partial charge in [0.05, 0.1) is 12.5 Å². The second-order valence-corrected chi connectivity index (χ2v) is 6.68. The van der Waals surface area contributed by atoms with Crippen LogP contribution in [0.2, 0.25) is 0 Å². The number of anilines is 1. The summed E-state index contributed by atoms with van der Waals surface area (Å²) in [6.45, 7) is 3.05. The second kappa shape index (κ2) is 11.0. The average molecular weight is 367 g/mol. The normalized spacial score (nSPS) is 11.5. The van der Waals surface area contributed by atoms with E-state index in [4.69, 9.17) is 0 Å². The zero-order valence-electron chi connectivity index (χ0n) is 16.2. The molecule has 0 fully saturated rings. The smallest absolute Gasteiger partial charge is 0.222 e. The number of benzene rings is 2. The van der Waals surface area contributed by atoms with Gasteiger partial charge in [0.15, 0.2) is 0 Å². The van der Waals surface area contributed by atoms with Gasteiger partial charge >= 0.3 is 0 Å². The lowest BCUT2D eigenvalue weighted by Crippen LogP contribution is -2.33. The van der Waals surface area contributed by atoms with Gasteiger partial charge in [0, 0.05) is 32.7 Å². The molecule has 2 rings (SSSR count). The number of hydrogen-bond acceptors (Lipinski definition) is 3. The molecule has 0 aliphatic rings. The van der Waals surface area contributed by atoms with Crippen LogP contribution in [0.3, 0.4) is 0 Å². The summed E-state index contributed by atoms with van der Waals surface area (Å²) in [5.41, 5.74) is 2.13. The van der Waals surface area contributed by atoms with Crippen molar-refractivity contribution in [1.29, 1.82) is 0 Å². The van der Waals surface area contributed by atoms with Crippen LogP contribution in [0.5, 0.6) is 0 Å². The van der Waals surface area contributed by atoms with Crippen LogP contribution in [-0.2, 0) is 9.59 Å². The Morgan fingerprint density at radius 1 is 0.963 bits per heavy atom. The Morgan fingerprint density at radius 3 is 2.22 bits per heavy atom. The third-order valence-electron chi connectivity index (χ3n) is 4.41. The van der Waals surface area contributed by atoms with E-state index in [1.54, 1.807) is 0 Å². The number of nitrogens with zero attached hydrogens (tertiary/aromatic N) is 1. The molecule has 27 heavy (non-hydrogen) atoms. The zero-order chi connectivity index (χ0) is 19.5. The Labute approximate surface area is 161 Å². The lowest BCUT2D eigenvalue weighted by atomic mass is 10.0. The quantitative estimate of drug-likeness (QED) is 0.634. The highest BCUT2D eigenvalue weighted by Gasteiger charge is 2.16. The maximum atomic E-state index is 12.3. The highest BCUT2D eigenvalue weighted by atomic mass is 16.2. The van der Waals surface area contributed by atoms with E-state index in [0.717, 1.165) is 24.9 Å². The molecule has 144 valence electrons. The van der Waals surface area contributed by atoms with Crippen LogP contribution in [0.1, 0.15) is 37.8 Å². The molecule has 0 spiro atoms. The van der Waals surface area contributed by atoms with E-state index in [1.807, 2.05) is 48.5 Å². The van der Waals surface area contributed by atoms with Crippen molar-refractivity contribution in [3.05, 3.63) is 66.2 Å². The predicted octanol–water partition coefficient (Wildman–Crippen LogP) is 3.29. The Hall–Kier alpha value is -2.82. The summed E-state index contributed by atoms with van der Waals surface area (Å²) in [6, 6.07) is 19.5. The number of hydrogen-bond donors (Lipinski definition) is 2. The first-order valence-corrected chi connectivity index (χ1v) is 9.41.